The number of amides is 1. The third-order valence-electron chi connectivity index (χ3n) is 6.26. The summed E-state index contributed by atoms with van der Waals surface area (Å²) in [6.07, 6.45) is 3.04. The van der Waals surface area contributed by atoms with Crippen LogP contribution in [0.5, 0.6) is 5.75 Å². The van der Waals surface area contributed by atoms with Crippen LogP contribution in [-0.4, -0.2) is 49.0 Å². The highest BCUT2D eigenvalue weighted by Gasteiger charge is 2.35. The number of hydrogen-bond acceptors (Lipinski definition) is 8. The molecule has 2 aliphatic rings. The van der Waals surface area contributed by atoms with Gasteiger partial charge in [0.1, 0.15) is 5.75 Å². The van der Waals surface area contributed by atoms with Crippen molar-refractivity contribution in [1.82, 2.24) is 14.4 Å². The van der Waals surface area contributed by atoms with Crippen LogP contribution in [0.4, 0.5) is 5.69 Å². The number of rotatable bonds is 7. The minimum atomic E-state index is -3.68. The molecule has 0 radical (unpaired) electrons. The molecule has 2 aromatic heterocycles. The fraction of sp³-hybridized carbons (Fsp3) is 0.435. The number of hydrogen-bond donors (Lipinski definition) is 1. The number of ether oxygens (including phenoxy) is 1. The van der Waals surface area contributed by atoms with Crippen LogP contribution in [0, 0.1) is 12.8 Å². The number of carbonyl (C=O) groups is 1. The zero-order valence-electron chi connectivity index (χ0n) is 19.0. The number of nitrogens with zero attached hydrogens (tertiary/aromatic N) is 3. The zero-order valence-corrected chi connectivity index (χ0v) is 20.6. The number of anilines is 1. The predicted octanol–water partition coefficient (Wildman–Crippen LogP) is 4.03. The first-order valence-electron chi connectivity index (χ1n) is 11.2. The Morgan fingerprint density at radius 1 is 1.18 bits per heavy atom. The maximum atomic E-state index is 13.4. The number of aryl methyl sites for hydroxylation is 1. The molecule has 1 amide bonds. The van der Waals surface area contributed by atoms with Gasteiger partial charge < -0.3 is 14.6 Å². The second kappa shape index (κ2) is 9.12. The fourth-order valence-electron chi connectivity index (χ4n) is 4.08. The summed E-state index contributed by atoms with van der Waals surface area (Å²) in [6, 6.07) is 8.77. The lowest BCUT2D eigenvalue weighted by Gasteiger charge is -2.30. The maximum absolute atomic E-state index is 13.4. The first-order chi connectivity index (χ1) is 16.3. The average Bonchev–Trinajstić information content (AvgIpc) is 3.43. The van der Waals surface area contributed by atoms with Gasteiger partial charge in [-0.3, -0.25) is 4.79 Å². The highest BCUT2D eigenvalue weighted by atomic mass is 32.2. The molecular formula is C23H26N4O5S2. The van der Waals surface area contributed by atoms with Crippen LogP contribution in [0.3, 0.4) is 0 Å². The minimum absolute atomic E-state index is 0.0974. The minimum Gasteiger partial charge on any atom is -0.497 e. The second-order valence-electron chi connectivity index (χ2n) is 8.66. The van der Waals surface area contributed by atoms with E-state index in [2.05, 4.69) is 15.5 Å². The van der Waals surface area contributed by atoms with E-state index in [0.717, 1.165) is 12.8 Å². The van der Waals surface area contributed by atoms with Gasteiger partial charge in [-0.1, -0.05) is 5.16 Å². The maximum Gasteiger partial charge on any atom is 0.244 e. The lowest BCUT2D eigenvalue weighted by molar-refractivity contribution is -0.120. The van der Waals surface area contributed by atoms with Gasteiger partial charge in [-0.15, -0.1) is 11.3 Å². The normalized spacial score (nSPS) is 17.6. The first-order valence-corrected chi connectivity index (χ1v) is 13.5. The highest BCUT2D eigenvalue weighted by molar-refractivity contribution is 7.89. The van der Waals surface area contributed by atoms with Crippen LogP contribution in [0.25, 0.3) is 10.7 Å². The number of carbonyl (C=O) groups excluding carboxylic acids is 1. The predicted molar refractivity (Wildman–Crippen MR) is 127 cm³/mol. The van der Waals surface area contributed by atoms with Gasteiger partial charge in [0.2, 0.25) is 27.6 Å². The van der Waals surface area contributed by atoms with Crippen molar-refractivity contribution < 1.29 is 22.5 Å². The van der Waals surface area contributed by atoms with Crippen LogP contribution in [0.1, 0.15) is 42.4 Å². The van der Waals surface area contributed by atoms with Crippen LogP contribution < -0.4 is 10.1 Å². The number of nitrogens with one attached hydrogen (secondary N) is 1. The van der Waals surface area contributed by atoms with E-state index in [1.54, 1.807) is 44.4 Å². The molecule has 34 heavy (non-hydrogen) atoms. The monoisotopic (exact) mass is 502 g/mol. The number of methoxy groups -OCH3 is 1. The van der Waals surface area contributed by atoms with Crippen LogP contribution >= 0.6 is 11.3 Å². The summed E-state index contributed by atoms with van der Waals surface area (Å²) in [5.74, 6) is 1.78. The molecule has 1 aliphatic carbocycles. The van der Waals surface area contributed by atoms with E-state index < -0.39 is 10.0 Å². The van der Waals surface area contributed by atoms with Crippen molar-refractivity contribution in [3.63, 3.8) is 0 Å². The van der Waals surface area contributed by atoms with Gasteiger partial charge in [0.15, 0.2) is 0 Å². The van der Waals surface area contributed by atoms with Crippen molar-refractivity contribution in [2.24, 2.45) is 5.92 Å². The molecule has 1 saturated heterocycles. The van der Waals surface area contributed by atoms with E-state index in [1.807, 2.05) is 0 Å². The molecule has 180 valence electrons. The Bertz CT molecular complexity index is 1290. The van der Waals surface area contributed by atoms with E-state index in [4.69, 9.17) is 9.26 Å². The van der Waals surface area contributed by atoms with Crippen molar-refractivity contribution in [2.75, 3.05) is 25.5 Å². The number of benzene rings is 1. The molecule has 0 spiro atoms. The molecule has 2 fully saturated rings. The lowest BCUT2D eigenvalue weighted by Crippen LogP contribution is -2.41. The standard InChI is InChI=1S/C23H26N4O5S2/c1-14-20(13-19(33-14)21-25-23(32-26-21)16-3-4-16)34(29,30)27-11-9-15(10-12-27)22(28)24-17-5-7-18(31-2)8-6-17/h5-8,13,15-16H,3-4,9-12H2,1-2H3,(H,24,28). The molecule has 1 aromatic carbocycles. The number of piperidine rings is 1. The Morgan fingerprint density at radius 3 is 2.53 bits per heavy atom. The third-order valence-corrected chi connectivity index (χ3v) is 9.46. The summed E-state index contributed by atoms with van der Waals surface area (Å²) in [4.78, 5) is 18.8. The Morgan fingerprint density at radius 2 is 1.88 bits per heavy atom. The van der Waals surface area contributed by atoms with Gasteiger partial charge in [-0.25, -0.2) is 8.42 Å². The van der Waals surface area contributed by atoms with Gasteiger partial charge >= 0.3 is 0 Å². The molecule has 9 nitrogen and oxygen atoms in total. The molecular weight excluding hydrogens is 476 g/mol. The summed E-state index contributed by atoms with van der Waals surface area (Å²) >= 11 is 1.35. The fourth-order valence-corrected chi connectivity index (χ4v) is 7.03. The lowest BCUT2D eigenvalue weighted by atomic mass is 9.97. The van der Waals surface area contributed by atoms with Gasteiger partial charge in [-0.2, -0.15) is 9.29 Å². The Balaban J connectivity index is 1.23. The summed E-state index contributed by atoms with van der Waals surface area (Å²) in [7, 11) is -2.09. The van der Waals surface area contributed by atoms with E-state index in [9.17, 15) is 13.2 Å². The molecule has 0 atom stereocenters. The number of thiophene rings is 1. The van der Waals surface area contributed by atoms with Crippen molar-refractivity contribution in [3.05, 3.63) is 41.1 Å². The van der Waals surface area contributed by atoms with Gasteiger partial charge in [0.05, 0.1) is 16.9 Å². The molecule has 1 saturated carbocycles. The molecule has 0 unspecified atom stereocenters. The SMILES string of the molecule is COc1ccc(NC(=O)C2CCN(S(=O)(=O)c3cc(-c4noc(C5CC5)n4)sc3C)CC2)cc1. The van der Waals surface area contributed by atoms with Crippen LogP contribution in [0.2, 0.25) is 0 Å². The van der Waals surface area contributed by atoms with E-state index in [0.29, 0.717) is 64.8 Å². The smallest absolute Gasteiger partial charge is 0.244 e. The molecule has 3 aromatic rings. The number of aromatic nitrogens is 2. The van der Waals surface area contributed by atoms with Crippen molar-refractivity contribution in [2.45, 2.75) is 43.4 Å². The third kappa shape index (κ3) is 4.59. The van der Waals surface area contributed by atoms with Crippen LogP contribution in [0.15, 0.2) is 39.8 Å². The number of sulfonamides is 1. The van der Waals surface area contributed by atoms with Crippen LogP contribution in [-0.2, 0) is 14.8 Å². The molecule has 11 heteroatoms. The Hall–Kier alpha value is -2.76. The van der Waals surface area contributed by atoms with Crippen molar-refractivity contribution >= 4 is 33.0 Å². The van der Waals surface area contributed by atoms with E-state index in [1.165, 1.54) is 15.6 Å². The highest BCUT2D eigenvalue weighted by Crippen LogP contribution is 2.41. The quantitative estimate of drug-likeness (QED) is 0.519. The Kier molecular flexibility index (Phi) is 6.17. The van der Waals surface area contributed by atoms with Gasteiger partial charge in [-0.05, 0) is 62.9 Å². The average molecular weight is 503 g/mol. The summed E-state index contributed by atoms with van der Waals surface area (Å²) in [5.41, 5.74) is 0.689. The molecule has 0 bridgehead atoms. The molecule has 1 aliphatic heterocycles. The van der Waals surface area contributed by atoms with Crippen molar-refractivity contribution in [3.8, 4) is 16.5 Å². The molecule has 3 heterocycles. The molecule has 5 rings (SSSR count). The van der Waals surface area contributed by atoms with E-state index in [-0.39, 0.29) is 16.7 Å². The van der Waals surface area contributed by atoms with Gasteiger partial charge in [0, 0.05) is 35.5 Å². The zero-order chi connectivity index (χ0) is 23.9. The Labute approximate surface area is 202 Å². The largest absolute Gasteiger partial charge is 0.497 e. The summed E-state index contributed by atoms with van der Waals surface area (Å²) < 4.78 is 38.6. The van der Waals surface area contributed by atoms with Crippen molar-refractivity contribution in [1.29, 1.82) is 0 Å². The first kappa shape index (κ1) is 23.0. The topological polar surface area (TPSA) is 115 Å². The summed E-state index contributed by atoms with van der Waals surface area (Å²) in [5, 5.41) is 6.94. The van der Waals surface area contributed by atoms with Gasteiger partial charge in [0.25, 0.3) is 0 Å². The summed E-state index contributed by atoms with van der Waals surface area (Å²) in [6.45, 7) is 2.38. The second-order valence-corrected chi connectivity index (χ2v) is 11.8. The molecule has 1 N–H and O–H groups in total. The van der Waals surface area contributed by atoms with E-state index >= 15 is 0 Å².